The van der Waals surface area contributed by atoms with Crippen molar-refractivity contribution in [2.45, 2.75) is 58.4 Å². The zero-order chi connectivity index (χ0) is 22.6. The van der Waals surface area contributed by atoms with Crippen molar-refractivity contribution in [3.8, 4) is 0 Å². The van der Waals surface area contributed by atoms with Gasteiger partial charge in [0.2, 0.25) is 11.8 Å². The second-order valence-corrected chi connectivity index (χ2v) is 8.99. The highest BCUT2D eigenvalue weighted by molar-refractivity contribution is 7.99. The van der Waals surface area contributed by atoms with Gasteiger partial charge in [-0.05, 0) is 42.5 Å². The van der Waals surface area contributed by atoms with Gasteiger partial charge in [-0.3, -0.25) is 9.59 Å². The van der Waals surface area contributed by atoms with E-state index in [-0.39, 0.29) is 11.8 Å². The summed E-state index contributed by atoms with van der Waals surface area (Å²) in [6.07, 6.45) is 2.48. The van der Waals surface area contributed by atoms with Crippen molar-refractivity contribution in [3.05, 3.63) is 70.2 Å². The van der Waals surface area contributed by atoms with Gasteiger partial charge in [0, 0.05) is 23.9 Å². The number of amides is 2. The van der Waals surface area contributed by atoms with Crippen molar-refractivity contribution >= 4 is 35.2 Å². The smallest absolute Gasteiger partial charge is 0.242 e. The highest BCUT2D eigenvalue weighted by Gasteiger charge is 2.28. The lowest BCUT2D eigenvalue weighted by atomic mass is 10.1. The molecule has 0 heterocycles. The number of unbranched alkanes of at least 4 members (excludes halogenated alkanes) is 1. The fraction of sp³-hybridized carbons (Fsp3) is 0.440. The molecule has 1 atom stereocenters. The minimum Gasteiger partial charge on any atom is -0.354 e. The predicted molar refractivity (Wildman–Crippen MR) is 131 cm³/mol. The largest absolute Gasteiger partial charge is 0.354 e. The van der Waals surface area contributed by atoms with Crippen molar-refractivity contribution in [2.75, 3.05) is 12.3 Å². The number of hydrogen-bond donors (Lipinski definition) is 1. The maximum atomic E-state index is 13.3. The normalized spacial score (nSPS) is 11.7. The first-order valence-corrected chi connectivity index (χ1v) is 12.4. The van der Waals surface area contributed by atoms with E-state index in [1.807, 2.05) is 43.3 Å². The molecule has 168 valence electrons. The van der Waals surface area contributed by atoms with E-state index in [1.54, 1.807) is 16.7 Å². The lowest BCUT2D eigenvalue weighted by Gasteiger charge is -2.31. The number of benzene rings is 2. The first-order chi connectivity index (χ1) is 15.0. The van der Waals surface area contributed by atoms with Crippen molar-refractivity contribution < 1.29 is 9.59 Å². The number of rotatable bonds is 12. The number of hydrogen-bond acceptors (Lipinski definition) is 3. The third-order valence-corrected chi connectivity index (χ3v) is 6.59. The van der Waals surface area contributed by atoms with Gasteiger partial charge in [0.1, 0.15) is 6.04 Å². The molecule has 4 nitrogen and oxygen atoms in total. The Morgan fingerprint density at radius 2 is 1.74 bits per heavy atom. The topological polar surface area (TPSA) is 49.4 Å². The summed E-state index contributed by atoms with van der Waals surface area (Å²) >= 11 is 7.94. The molecule has 2 amide bonds. The van der Waals surface area contributed by atoms with Crippen molar-refractivity contribution in [1.82, 2.24) is 10.2 Å². The summed E-state index contributed by atoms with van der Waals surface area (Å²) in [6, 6.07) is 15.2. The molecule has 2 aromatic rings. The number of nitrogens with zero attached hydrogens (tertiary/aromatic N) is 1. The highest BCUT2D eigenvalue weighted by Crippen LogP contribution is 2.22. The Labute approximate surface area is 195 Å². The number of nitrogens with one attached hydrogen (secondary N) is 1. The van der Waals surface area contributed by atoms with E-state index in [4.69, 9.17) is 11.6 Å². The van der Waals surface area contributed by atoms with Crippen LogP contribution in [0, 0.1) is 6.92 Å². The van der Waals surface area contributed by atoms with Crippen LogP contribution in [0.4, 0.5) is 0 Å². The molecular weight excluding hydrogens is 428 g/mol. The van der Waals surface area contributed by atoms with Crippen LogP contribution in [0.1, 0.15) is 49.8 Å². The minimum atomic E-state index is -0.514. The van der Waals surface area contributed by atoms with Gasteiger partial charge in [-0.1, -0.05) is 74.3 Å². The van der Waals surface area contributed by atoms with Crippen LogP contribution < -0.4 is 5.32 Å². The standard InChI is InChI=1S/C25H33ClN2O2S/c1-4-6-15-27-25(30)23(5-2)28(16-20-12-9-10-14-22(20)26)24(29)18-31-17-21-13-8-7-11-19(21)3/h7-14,23H,4-6,15-18H2,1-3H3,(H,27,30)/t23-/m0/s1. The van der Waals surface area contributed by atoms with E-state index in [9.17, 15) is 9.59 Å². The van der Waals surface area contributed by atoms with E-state index in [2.05, 4.69) is 31.3 Å². The summed E-state index contributed by atoms with van der Waals surface area (Å²) in [7, 11) is 0. The Bertz CT molecular complexity index is 859. The molecule has 0 saturated heterocycles. The molecule has 2 rings (SSSR count). The molecule has 2 aromatic carbocycles. The molecule has 31 heavy (non-hydrogen) atoms. The monoisotopic (exact) mass is 460 g/mol. The van der Waals surface area contributed by atoms with Gasteiger partial charge in [-0.25, -0.2) is 0 Å². The molecule has 0 aliphatic rings. The summed E-state index contributed by atoms with van der Waals surface area (Å²) < 4.78 is 0. The molecule has 1 N–H and O–H groups in total. The van der Waals surface area contributed by atoms with Crippen molar-refractivity contribution in [3.63, 3.8) is 0 Å². The predicted octanol–water partition coefficient (Wildman–Crippen LogP) is 5.61. The Kier molecular flexibility index (Phi) is 11.0. The molecule has 0 saturated carbocycles. The van der Waals surface area contributed by atoms with Crippen molar-refractivity contribution in [2.24, 2.45) is 0 Å². The van der Waals surface area contributed by atoms with E-state index >= 15 is 0 Å². The summed E-state index contributed by atoms with van der Waals surface area (Å²) in [6.45, 7) is 7.06. The second kappa shape index (κ2) is 13.4. The zero-order valence-electron chi connectivity index (χ0n) is 18.7. The number of carbonyl (C=O) groups excluding carboxylic acids is 2. The van der Waals surface area contributed by atoms with E-state index < -0.39 is 6.04 Å². The summed E-state index contributed by atoms with van der Waals surface area (Å²) in [4.78, 5) is 27.8. The molecule has 0 spiro atoms. The molecule has 0 aromatic heterocycles. The Morgan fingerprint density at radius 3 is 2.39 bits per heavy atom. The second-order valence-electron chi connectivity index (χ2n) is 7.60. The van der Waals surface area contributed by atoms with Crippen molar-refractivity contribution in [1.29, 1.82) is 0 Å². The molecule has 0 radical (unpaired) electrons. The van der Waals surface area contributed by atoms with Gasteiger partial charge in [0.25, 0.3) is 0 Å². The molecule has 6 heteroatoms. The van der Waals surface area contributed by atoms with Gasteiger partial charge in [0.15, 0.2) is 0 Å². The van der Waals surface area contributed by atoms with Gasteiger partial charge in [0.05, 0.1) is 5.75 Å². The first kappa shape index (κ1) is 25.3. The fourth-order valence-electron chi connectivity index (χ4n) is 3.34. The Balaban J connectivity index is 2.13. The maximum Gasteiger partial charge on any atom is 0.242 e. The maximum absolute atomic E-state index is 13.3. The van der Waals surface area contributed by atoms with Crippen LogP contribution in [-0.2, 0) is 21.9 Å². The molecule has 0 aliphatic carbocycles. The van der Waals surface area contributed by atoms with Crippen LogP contribution in [0.5, 0.6) is 0 Å². The van der Waals surface area contributed by atoms with Gasteiger partial charge < -0.3 is 10.2 Å². The number of aryl methyl sites for hydroxylation is 1. The average Bonchev–Trinajstić information content (AvgIpc) is 2.76. The van der Waals surface area contributed by atoms with E-state index in [1.165, 1.54) is 11.1 Å². The first-order valence-electron chi connectivity index (χ1n) is 10.9. The number of halogens is 1. The third-order valence-electron chi connectivity index (χ3n) is 5.26. The summed E-state index contributed by atoms with van der Waals surface area (Å²) in [5.41, 5.74) is 3.29. The van der Waals surface area contributed by atoms with Crippen LogP contribution in [0.25, 0.3) is 0 Å². The SMILES string of the molecule is CCCCNC(=O)[C@H](CC)N(Cc1ccccc1Cl)C(=O)CSCc1ccccc1C. The zero-order valence-corrected chi connectivity index (χ0v) is 20.3. The molecule has 0 aliphatic heterocycles. The molecular formula is C25H33ClN2O2S. The quantitative estimate of drug-likeness (QED) is 0.419. The number of carbonyl (C=O) groups is 2. The Hall–Kier alpha value is -1.98. The summed E-state index contributed by atoms with van der Waals surface area (Å²) in [5, 5.41) is 3.59. The average molecular weight is 461 g/mol. The van der Waals surface area contributed by atoms with E-state index in [0.717, 1.165) is 24.2 Å². The molecule has 0 unspecified atom stereocenters. The van der Waals surface area contributed by atoms with Crippen LogP contribution in [0.2, 0.25) is 5.02 Å². The van der Waals surface area contributed by atoms with E-state index in [0.29, 0.717) is 30.3 Å². The van der Waals surface area contributed by atoms with Crippen LogP contribution >= 0.6 is 23.4 Å². The lowest BCUT2D eigenvalue weighted by Crippen LogP contribution is -2.49. The number of thioether (sulfide) groups is 1. The summed E-state index contributed by atoms with van der Waals surface area (Å²) in [5.74, 6) is 0.936. The third kappa shape index (κ3) is 7.89. The fourth-order valence-corrected chi connectivity index (χ4v) is 4.52. The molecule has 0 bridgehead atoms. The lowest BCUT2D eigenvalue weighted by molar-refractivity contribution is -0.139. The Morgan fingerprint density at radius 1 is 1.06 bits per heavy atom. The van der Waals surface area contributed by atoms with Gasteiger partial charge in [-0.15, -0.1) is 11.8 Å². The van der Waals surface area contributed by atoms with Crippen LogP contribution in [0.15, 0.2) is 48.5 Å². The highest BCUT2D eigenvalue weighted by atomic mass is 35.5. The van der Waals surface area contributed by atoms with Crippen LogP contribution in [0.3, 0.4) is 0 Å². The molecule has 0 fully saturated rings. The minimum absolute atomic E-state index is 0.0454. The van der Waals surface area contributed by atoms with Gasteiger partial charge >= 0.3 is 0 Å². The van der Waals surface area contributed by atoms with Crippen LogP contribution in [-0.4, -0.2) is 35.1 Å². The van der Waals surface area contributed by atoms with Gasteiger partial charge in [-0.2, -0.15) is 0 Å².